The predicted octanol–water partition coefficient (Wildman–Crippen LogP) is 3.73. The van der Waals surface area contributed by atoms with Gasteiger partial charge in [0.05, 0.1) is 7.11 Å². The SMILES string of the molecule is COc1ccccc1/C=C/C(=O)OCC(=O)N1CCC(Cc2ccccc2)CC1. The van der Waals surface area contributed by atoms with Crippen LogP contribution in [0.2, 0.25) is 0 Å². The van der Waals surface area contributed by atoms with E-state index in [1.807, 2.05) is 30.3 Å². The van der Waals surface area contributed by atoms with Crippen LogP contribution >= 0.6 is 0 Å². The summed E-state index contributed by atoms with van der Waals surface area (Å²) in [6, 6.07) is 17.8. The number of nitrogens with zero attached hydrogens (tertiary/aromatic N) is 1. The molecular formula is C24H27NO4. The average Bonchev–Trinajstić information content (AvgIpc) is 2.77. The Hall–Kier alpha value is -3.08. The molecule has 2 aromatic rings. The third-order valence-corrected chi connectivity index (χ3v) is 5.21. The largest absolute Gasteiger partial charge is 0.496 e. The van der Waals surface area contributed by atoms with E-state index >= 15 is 0 Å². The highest BCUT2D eigenvalue weighted by Crippen LogP contribution is 2.22. The number of ether oxygens (including phenoxy) is 2. The molecule has 0 aliphatic carbocycles. The van der Waals surface area contributed by atoms with Gasteiger partial charge in [0.15, 0.2) is 6.61 Å². The van der Waals surface area contributed by atoms with Crippen LogP contribution in [-0.2, 0) is 20.7 Å². The number of esters is 1. The average molecular weight is 393 g/mol. The number of carbonyl (C=O) groups excluding carboxylic acids is 2. The maximum Gasteiger partial charge on any atom is 0.331 e. The molecule has 1 saturated heterocycles. The Morgan fingerprint density at radius 2 is 1.72 bits per heavy atom. The number of rotatable bonds is 7. The van der Waals surface area contributed by atoms with Gasteiger partial charge in [-0.25, -0.2) is 4.79 Å². The molecule has 0 bridgehead atoms. The van der Waals surface area contributed by atoms with Gasteiger partial charge in [-0.2, -0.15) is 0 Å². The lowest BCUT2D eigenvalue weighted by Gasteiger charge is -2.32. The minimum Gasteiger partial charge on any atom is -0.496 e. The van der Waals surface area contributed by atoms with E-state index in [1.54, 1.807) is 18.1 Å². The second kappa shape index (κ2) is 10.5. The lowest BCUT2D eigenvalue weighted by atomic mass is 9.90. The fourth-order valence-corrected chi connectivity index (χ4v) is 3.57. The van der Waals surface area contributed by atoms with Gasteiger partial charge in [-0.3, -0.25) is 4.79 Å². The van der Waals surface area contributed by atoms with Crippen molar-refractivity contribution in [3.8, 4) is 5.75 Å². The quantitative estimate of drug-likeness (QED) is 0.531. The fraction of sp³-hybridized carbons (Fsp3) is 0.333. The molecule has 0 aromatic heterocycles. The zero-order chi connectivity index (χ0) is 20.5. The molecule has 1 aliphatic rings. The fourth-order valence-electron chi connectivity index (χ4n) is 3.57. The Morgan fingerprint density at radius 3 is 2.45 bits per heavy atom. The minimum atomic E-state index is -0.539. The number of carbonyl (C=O) groups is 2. The van der Waals surface area contributed by atoms with Crippen LogP contribution in [0.1, 0.15) is 24.0 Å². The first-order valence-corrected chi connectivity index (χ1v) is 9.95. The smallest absolute Gasteiger partial charge is 0.331 e. The molecular weight excluding hydrogens is 366 g/mol. The number of piperidine rings is 1. The zero-order valence-corrected chi connectivity index (χ0v) is 16.8. The summed E-state index contributed by atoms with van der Waals surface area (Å²) in [6.45, 7) is 1.20. The maximum absolute atomic E-state index is 12.3. The minimum absolute atomic E-state index is 0.137. The number of para-hydroxylation sites is 1. The molecule has 1 aliphatic heterocycles. The van der Waals surface area contributed by atoms with E-state index in [9.17, 15) is 9.59 Å². The van der Waals surface area contributed by atoms with Gasteiger partial charge in [0.2, 0.25) is 0 Å². The summed E-state index contributed by atoms with van der Waals surface area (Å²) in [5, 5.41) is 0. The van der Waals surface area contributed by atoms with E-state index in [0.717, 1.165) is 24.8 Å². The zero-order valence-electron chi connectivity index (χ0n) is 16.8. The van der Waals surface area contributed by atoms with Crippen LogP contribution in [0.4, 0.5) is 0 Å². The van der Waals surface area contributed by atoms with Crippen molar-refractivity contribution < 1.29 is 19.1 Å². The third-order valence-electron chi connectivity index (χ3n) is 5.21. The van der Waals surface area contributed by atoms with Crippen molar-refractivity contribution in [3.63, 3.8) is 0 Å². The van der Waals surface area contributed by atoms with Crippen molar-refractivity contribution in [1.82, 2.24) is 4.90 Å². The molecule has 5 heteroatoms. The standard InChI is InChI=1S/C24H27NO4/c1-28-22-10-6-5-9-21(22)11-12-24(27)29-18-23(26)25-15-13-20(14-16-25)17-19-7-3-2-4-8-19/h2-12,20H,13-18H2,1H3/b12-11+. The Labute approximate surface area is 171 Å². The summed E-state index contributed by atoms with van der Waals surface area (Å²) in [4.78, 5) is 26.1. The van der Waals surface area contributed by atoms with Gasteiger partial charge in [0.1, 0.15) is 5.75 Å². The van der Waals surface area contributed by atoms with Crippen molar-refractivity contribution in [2.24, 2.45) is 5.92 Å². The summed E-state index contributed by atoms with van der Waals surface area (Å²) in [7, 11) is 1.58. The molecule has 152 valence electrons. The second-order valence-corrected chi connectivity index (χ2v) is 7.20. The first-order valence-electron chi connectivity index (χ1n) is 9.95. The summed E-state index contributed by atoms with van der Waals surface area (Å²) < 4.78 is 10.4. The number of benzene rings is 2. The van der Waals surface area contributed by atoms with Crippen LogP contribution in [-0.4, -0.2) is 43.6 Å². The Balaban J connectivity index is 1.40. The predicted molar refractivity (Wildman–Crippen MR) is 112 cm³/mol. The molecule has 0 spiro atoms. The molecule has 0 atom stereocenters. The van der Waals surface area contributed by atoms with Gasteiger partial charge in [0.25, 0.3) is 5.91 Å². The van der Waals surface area contributed by atoms with Crippen molar-refractivity contribution in [1.29, 1.82) is 0 Å². The number of likely N-dealkylation sites (tertiary alicyclic amines) is 1. The highest BCUT2D eigenvalue weighted by Gasteiger charge is 2.23. The van der Waals surface area contributed by atoms with Crippen molar-refractivity contribution in [2.45, 2.75) is 19.3 Å². The topological polar surface area (TPSA) is 55.8 Å². The summed E-state index contributed by atoms with van der Waals surface area (Å²) >= 11 is 0. The molecule has 1 amide bonds. The first kappa shape index (κ1) is 20.6. The van der Waals surface area contributed by atoms with Crippen molar-refractivity contribution in [3.05, 3.63) is 71.8 Å². The van der Waals surface area contributed by atoms with E-state index < -0.39 is 5.97 Å². The van der Waals surface area contributed by atoms with Gasteiger partial charge in [-0.1, -0.05) is 48.5 Å². The van der Waals surface area contributed by atoms with E-state index in [0.29, 0.717) is 24.8 Å². The van der Waals surface area contributed by atoms with Crippen molar-refractivity contribution >= 4 is 18.0 Å². The van der Waals surface area contributed by atoms with E-state index in [-0.39, 0.29) is 12.5 Å². The van der Waals surface area contributed by atoms with Crippen LogP contribution < -0.4 is 4.74 Å². The molecule has 0 radical (unpaired) electrons. The van der Waals surface area contributed by atoms with E-state index in [1.165, 1.54) is 11.6 Å². The summed E-state index contributed by atoms with van der Waals surface area (Å²) in [5.41, 5.74) is 2.12. The van der Waals surface area contributed by atoms with Crippen molar-refractivity contribution in [2.75, 3.05) is 26.8 Å². The van der Waals surface area contributed by atoms with Crippen LogP contribution in [0.25, 0.3) is 6.08 Å². The Bertz CT molecular complexity index is 839. The van der Waals surface area contributed by atoms with Crippen LogP contribution in [0.3, 0.4) is 0 Å². The molecule has 1 heterocycles. The highest BCUT2D eigenvalue weighted by atomic mass is 16.5. The molecule has 3 rings (SSSR count). The second-order valence-electron chi connectivity index (χ2n) is 7.20. The first-order chi connectivity index (χ1) is 14.2. The van der Waals surface area contributed by atoms with Gasteiger partial charge in [-0.15, -0.1) is 0 Å². The molecule has 0 saturated carbocycles. The number of hydrogen-bond acceptors (Lipinski definition) is 4. The van der Waals surface area contributed by atoms with Crippen LogP contribution in [0.5, 0.6) is 5.75 Å². The molecule has 0 unspecified atom stereocenters. The van der Waals surface area contributed by atoms with Gasteiger partial charge in [0, 0.05) is 24.7 Å². The van der Waals surface area contributed by atoms with Gasteiger partial charge < -0.3 is 14.4 Å². The molecule has 5 nitrogen and oxygen atoms in total. The Kier molecular flexibility index (Phi) is 7.45. The molecule has 29 heavy (non-hydrogen) atoms. The van der Waals surface area contributed by atoms with E-state index in [2.05, 4.69) is 24.3 Å². The molecule has 1 fully saturated rings. The normalized spacial score (nSPS) is 14.7. The van der Waals surface area contributed by atoms with Crippen LogP contribution in [0.15, 0.2) is 60.7 Å². The monoisotopic (exact) mass is 393 g/mol. The number of hydrogen-bond donors (Lipinski definition) is 0. The molecule has 2 aromatic carbocycles. The van der Waals surface area contributed by atoms with Gasteiger partial charge >= 0.3 is 5.97 Å². The third kappa shape index (κ3) is 6.21. The van der Waals surface area contributed by atoms with E-state index in [4.69, 9.17) is 9.47 Å². The molecule has 0 N–H and O–H groups in total. The highest BCUT2D eigenvalue weighted by molar-refractivity contribution is 5.89. The summed E-state index contributed by atoms with van der Waals surface area (Å²) in [5.74, 6) is 0.587. The van der Waals surface area contributed by atoms with Crippen LogP contribution in [0, 0.1) is 5.92 Å². The number of methoxy groups -OCH3 is 1. The lowest BCUT2D eigenvalue weighted by Crippen LogP contribution is -2.41. The lowest BCUT2D eigenvalue weighted by molar-refractivity contribution is -0.148. The summed E-state index contributed by atoms with van der Waals surface area (Å²) in [6.07, 6.45) is 5.94. The van der Waals surface area contributed by atoms with Gasteiger partial charge in [-0.05, 0) is 42.9 Å². The number of amides is 1. The Morgan fingerprint density at radius 1 is 1.03 bits per heavy atom. The maximum atomic E-state index is 12.3.